The van der Waals surface area contributed by atoms with Crippen molar-refractivity contribution in [1.82, 2.24) is 0 Å². The summed E-state index contributed by atoms with van der Waals surface area (Å²) in [5, 5.41) is 12.9. The lowest BCUT2D eigenvalue weighted by atomic mass is 10.3. The van der Waals surface area contributed by atoms with Crippen molar-refractivity contribution in [3.05, 3.63) is 64.5 Å². The maximum absolute atomic E-state index is 12.7. The van der Waals surface area contributed by atoms with Gasteiger partial charge < -0.3 is 4.74 Å². The van der Waals surface area contributed by atoms with Crippen LogP contribution in [0.4, 0.5) is 20.6 Å². The summed E-state index contributed by atoms with van der Waals surface area (Å²) in [4.78, 5) is 21.4. The van der Waals surface area contributed by atoms with Gasteiger partial charge in [-0.2, -0.15) is 0 Å². The van der Waals surface area contributed by atoms with Crippen LogP contribution in [-0.4, -0.2) is 11.0 Å². The zero-order valence-electron chi connectivity index (χ0n) is 10.1. The Balaban J connectivity index is 1.97. The number of anilines is 1. The number of ether oxygens (including phenoxy) is 1. The van der Waals surface area contributed by atoms with Gasteiger partial charge in [-0.1, -0.05) is 0 Å². The molecule has 0 aliphatic rings. The maximum atomic E-state index is 12.7. The zero-order valence-corrected chi connectivity index (χ0v) is 10.1. The van der Waals surface area contributed by atoms with Crippen molar-refractivity contribution in [2.24, 2.45) is 0 Å². The molecule has 20 heavy (non-hydrogen) atoms. The average molecular weight is 276 g/mol. The van der Waals surface area contributed by atoms with E-state index < -0.39 is 16.8 Å². The van der Waals surface area contributed by atoms with Crippen LogP contribution in [0.3, 0.4) is 0 Å². The number of hydrogen-bond acceptors (Lipinski definition) is 4. The first-order valence-corrected chi connectivity index (χ1v) is 5.53. The molecule has 0 spiro atoms. The van der Waals surface area contributed by atoms with Gasteiger partial charge in [0.05, 0.1) is 4.92 Å². The molecular weight excluding hydrogens is 267 g/mol. The number of nitrogens with zero attached hydrogens (tertiary/aromatic N) is 1. The van der Waals surface area contributed by atoms with Crippen molar-refractivity contribution in [3.63, 3.8) is 0 Å². The Morgan fingerprint density at radius 1 is 1.10 bits per heavy atom. The van der Waals surface area contributed by atoms with Gasteiger partial charge in [0, 0.05) is 17.8 Å². The van der Waals surface area contributed by atoms with Gasteiger partial charge in [0.1, 0.15) is 11.6 Å². The highest BCUT2D eigenvalue weighted by Gasteiger charge is 2.08. The fraction of sp³-hybridized carbons (Fsp3) is 0. The SMILES string of the molecule is O=C(Nc1ccc(F)cc1)Oc1ccc([N+](=O)[O-])cc1. The van der Waals surface area contributed by atoms with E-state index in [0.717, 1.165) is 0 Å². The highest BCUT2D eigenvalue weighted by Crippen LogP contribution is 2.18. The highest BCUT2D eigenvalue weighted by atomic mass is 19.1. The summed E-state index contributed by atoms with van der Waals surface area (Å²) in [6, 6.07) is 10.2. The molecule has 0 bridgehead atoms. The Morgan fingerprint density at radius 2 is 1.70 bits per heavy atom. The van der Waals surface area contributed by atoms with Gasteiger partial charge in [-0.05, 0) is 36.4 Å². The number of rotatable bonds is 3. The Labute approximate surface area is 112 Å². The van der Waals surface area contributed by atoms with E-state index >= 15 is 0 Å². The van der Waals surface area contributed by atoms with Crippen LogP contribution in [0.15, 0.2) is 48.5 Å². The molecule has 0 atom stereocenters. The number of benzene rings is 2. The number of nitro benzene ring substituents is 1. The fourth-order valence-corrected chi connectivity index (χ4v) is 1.42. The molecule has 2 rings (SSSR count). The smallest absolute Gasteiger partial charge is 0.410 e. The zero-order chi connectivity index (χ0) is 14.5. The first-order chi connectivity index (χ1) is 9.54. The minimum absolute atomic E-state index is 0.101. The number of non-ortho nitro benzene ring substituents is 1. The summed E-state index contributed by atoms with van der Waals surface area (Å²) < 4.78 is 17.6. The molecule has 0 aromatic heterocycles. The van der Waals surface area contributed by atoms with Crippen molar-refractivity contribution in [1.29, 1.82) is 0 Å². The van der Waals surface area contributed by atoms with Crippen molar-refractivity contribution in [2.75, 3.05) is 5.32 Å². The third-order valence-corrected chi connectivity index (χ3v) is 2.35. The second kappa shape index (κ2) is 5.79. The molecule has 0 radical (unpaired) electrons. The van der Waals surface area contributed by atoms with Crippen molar-refractivity contribution < 1.29 is 18.8 Å². The number of hydrogen-bond donors (Lipinski definition) is 1. The van der Waals surface area contributed by atoms with Crippen LogP contribution in [0.2, 0.25) is 0 Å². The summed E-state index contributed by atoms with van der Waals surface area (Å²) in [7, 11) is 0. The Kier molecular flexibility index (Phi) is 3.90. The fourth-order valence-electron chi connectivity index (χ4n) is 1.42. The monoisotopic (exact) mass is 276 g/mol. The van der Waals surface area contributed by atoms with Crippen molar-refractivity contribution in [2.45, 2.75) is 0 Å². The third-order valence-electron chi connectivity index (χ3n) is 2.35. The standard InChI is InChI=1S/C13H9FN2O4/c14-9-1-3-10(4-2-9)15-13(17)20-12-7-5-11(6-8-12)16(18)19/h1-8H,(H,15,17). The molecule has 0 fully saturated rings. The van der Waals surface area contributed by atoms with Crippen molar-refractivity contribution in [3.8, 4) is 5.75 Å². The third kappa shape index (κ3) is 3.52. The van der Waals surface area contributed by atoms with Crippen LogP contribution in [-0.2, 0) is 0 Å². The molecule has 2 aromatic rings. The largest absolute Gasteiger partial charge is 0.417 e. The second-order valence-electron chi connectivity index (χ2n) is 3.77. The quantitative estimate of drug-likeness (QED) is 0.688. The normalized spacial score (nSPS) is 9.85. The van der Waals surface area contributed by atoms with Crippen LogP contribution in [0.1, 0.15) is 0 Å². The topological polar surface area (TPSA) is 81.5 Å². The molecule has 1 N–H and O–H groups in total. The van der Waals surface area contributed by atoms with Gasteiger partial charge in [-0.25, -0.2) is 9.18 Å². The van der Waals surface area contributed by atoms with Gasteiger partial charge in [0.2, 0.25) is 0 Å². The summed E-state index contributed by atoms with van der Waals surface area (Å²) in [5.41, 5.74) is 0.273. The molecule has 1 amide bonds. The molecule has 7 heteroatoms. The van der Waals surface area contributed by atoms with E-state index in [1.165, 1.54) is 48.5 Å². The van der Waals surface area contributed by atoms with Gasteiger partial charge in [-0.15, -0.1) is 0 Å². The van der Waals surface area contributed by atoms with Crippen LogP contribution in [0, 0.1) is 15.9 Å². The minimum Gasteiger partial charge on any atom is -0.410 e. The average Bonchev–Trinajstić information content (AvgIpc) is 2.42. The molecule has 0 unspecified atom stereocenters. The first kappa shape index (κ1) is 13.5. The lowest BCUT2D eigenvalue weighted by molar-refractivity contribution is -0.384. The van der Waals surface area contributed by atoms with Gasteiger partial charge in [-0.3, -0.25) is 15.4 Å². The number of carbonyl (C=O) groups is 1. The van der Waals surface area contributed by atoms with E-state index in [9.17, 15) is 19.3 Å². The molecule has 102 valence electrons. The summed E-state index contributed by atoms with van der Waals surface area (Å²) in [6.45, 7) is 0. The lowest BCUT2D eigenvalue weighted by Crippen LogP contribution is -2.16. The lowest BCUT2D eigenvalue weighted by Gasteiger charge is -2.06. The van der Waals surface area contributed by atoms with Crippen molar-refractivity contribution >= 4 is 17.5 Å². The molecule has 6 nitrogen and oxygen atoms in total. The van der Waals surface area contributed by atoms with E-state index in [2.05, 4.69) is 5.32 Å². The summed E-state index contributed by atoms with van der Waals surface area (Å²) in [6.07, 6.45) is -0.773. The van der Waals surface area contributed by atoms with E-state index in [1.807, 2.05) is 0 Å². The molecule has 2 aromatic carbocycles. The van der Waals surface area contributed by atoms with E-state index in [0.29, 0.717) is 5.69 Å². The highest BCUT2D eigenvalue weighted by molar-refractivity contribution is 5.86. The number of carbonyl (C=O) groups excluding carboxylic acids is 1. The number of nitro groups is 1. The maximum Gasteiger partial charge on any atom is 0.417 e. The molecular formula is C13H9FN2O4. The van der Waals surface area contributed by atoms with Crippen LogP contribution < -0.4 is 10.1 Å². The summed E-state index contributed by atoms with van der Waals surface area (Å²) >= 11 is 0. The number of nitrogens with one attached hydrogen (secondary N) is 1. The molecule has 0 aliphatic heterocycles. The van der Waals surface area contributed by atoms with Gasteiger partial charge >= 0.3 is 6.09 Å². The predicted octanol–water partition coefficient (Wildman–Crippen LogP) is 3.34. The Morgan fingerprint density at radius 3 is 2.25 bits per heavy atom. The molecule has 0 aliphatic carbocycles. The van der Waals surface area contributed by atoms with Gasteiger partial charge in [0.25, 0.3) is 5.69 Å². The van der Waals surface area contributed by atoms with E-state index in [4.69, 9.17) is 4.74 Å². The van der Waals surface area contributed by atoms with E-state index in [-0.39, 0.29) is 11.4 Å². The Hall–Kier alpha value is -2.96. The van der Waals surface area contributed by atoms with Gasteiger partial charge in [0.15, 0.2) is 0 Å². The summed E-state index contributed by atoms with van der Waals surface area (Å²) in [5.74, 6) is -0.255. The molecule has 0 heterocycles. The van der Waals surface area contributed by atoms with Crippen LogP contribution in [0.5, 0.6) is 5.75 Å². The Bertz CT molecular complexity index is 626. The number of amides is 1. The number of halogens is 1. The van der Waals surface area contributed by atoms with Crippen LogP contribution in [0.25, 0.3) is 0 Å². The first-order valence-electron chi connectivity index (χ1n) is 5.53. The predicted molar refractivity (Wildman–Crippen MR) is 69.1 cm³/mol. The second-order valence-corrected chi connectivity index (χ2v) is 3.77. The van der Waals surface area contributed by atoms with Crippen LogP contribution >= 0.6 is 0 Å². The minimum atomic E-state index is -0.773. The molecule has 0 saturated heterocycles. The van der Waals surface area contributed by atoms with E-state index in [1.54, 1.807) is 0 Å². The molecule has 0 saturated carbocycles.